The lowest BCUT2D eigenvalue weighted by Gasteiger charge is -2.03. The zero-order chi connectivity index (χ0) is 14.0. The average molecular weight is 343 g/mol. The summed E-state index contributed by atoms with van der Waals surface area (Å²) in [5.41, 5.74) is 0.0175. The molecule has 0 fully saturated rings. The molecular formula is C10H7BrN4O3S. The van der Waals surface area contributed by atoms with Crippen LogP contribution in [-0.2, 0) is 0 Å². The Morgan fingerprint density at radius 2 is 2.21 bits per heavy atom. The number of aromatic nitrogens is 2. The van der Waals surface area contributed by atoms with Gasteiger partial charge in [-0.2, -0.15) is 0 Å². The summed E-state index contributed by atoms with van der Waals surface area (Å²) < 4.78 is 0.469. The van der Waals surface area contributed by atoms with Crippen molar-refractivity contribution in [1.29, 1.82) is 0 Å². The lowest BCUT2D eigenvalue weighted by molar-refractivity contribution is -0.384. The zero-order valence-electron chi connectivity index (χ0n) is 9.58. The molecule has 2 rings (SSSR count). The topological polar surface area (TPSA) is 98.0 Å². The van der Waals surface area contributed by atoms with Gasteiger partial charge >= 0.3 is 0 Å². The molecule has 19 heavy (non-hydrogen) atoms. The molecule has 1 N–H and O–H groups in total. The van der Waals surface area contributed by atoms with Crippen LogP contribution in [0.15, 0.2) is 22.7 Å². The summed E-state index contributed by atoms with van der Waals surface area (Å²) in [6, 6.07) is 3.97. The summed E-state index contributed by atoms with van der Waals surface area (Å²) in [7, 11) is 0. The van der Waals surface area contributed by atoms with E-state index in [0.29, 0.717) is 14.6 Å². The number of halogens is 1. The number of nitro groups is 1. The summed E-state index contributed by atoms with van der Waals surface area (Å²) in [4.78, 5) is 22.1. The van der Waals surface area contributed by atoms with Gasteiger partial charge in [0.25, 0.3) is 11.6 Å². The first-order valence-corrected chi connectivity index (χ1v) is 6.63. The van der Waals surface area contributed by atoms with Crippen LogP contribution in [0.1, 0.15) is 15.4 Å². The van der Waals surface area contributed by atoms with E-state index in [4.69, 9.17) is 0 Å². The van der Waals surface area contributed by atoms with E-state index in [1.807, 2.05) is 0 Å². The molecule has 0 aliphatic heterocycles. The maximum absolute atomic E-state index is 12.0. The Morgan fingerprint density at radius 3 is 2.79 bits per heavy atom. The number of anilines is 1. The number of nitrogens with one attached hydrogen (secondary N) is 1. The number of amides is 1. The van der Waals surface area contributed by atoms with Crippen molar-refractivity contribution >= 4 is 44.0 Å². The van der Waals surface area contributed by atoms with Gasteiger partial charge in [0.1, 0.15) is 5.01 Å². The van der Waals surface area contributed by atoms with Crippen molar-refractivity contribution in [1.82, 2.24) is 10.2 Å². The molecule has 9 heteroatoms. The molecule has 0 radical (unpaired) electrons. The van der Waals surface area contributed by atoms with Gasteiger partial charge in [-0.1, -0.05) is 11.3 Å². The predicted molar refractivity (Wildman–Crippen MR) is 73.4 cm³/mol. The van der Waals surface area contributed by atoms with Gasteiger partial charge in [0.05, 0.1) is 10.5 Å². The third-order valence-electron chi connectivity index (χ3n) is 2.15. The van der Waals surface area contributed by atoms with E-state index < -0.39 is 10.8 Å². The molecule has 0 bridgehead atoms. The van der Waals surface area contributed by atoms with Crippen LogP contribution in [0, 0.1) is 17.0 Å². The van der Waals surface area contributed by atoms with Crippen LogP contribution in [0.25, 0.3) is 0 Å². The highest BCUT2D eigenvalue weighted by Crippen LogP contribution is 2.24. The maximum Gasteiger partial charge on any atom is 0.270 e. The molecule has 98 valence electrons. The molecule has 0 atom stereocenters. The van der Waals surface area contributed by atoms with Gasteiger partial charge < -0.3 is 0 Å². The first-order chi connectivity index (χ1) is 8.97. The Hall–Kier alpha value is -1.87. The third-order valence-corrected chi connectivity index (χ3v) is 3.60. The van der Waals surface area contributed by atoms with Gasteiger partial charge in [0, 0.05) is 16.6 Å². The van der Waals surface area contributed by atoms with Crippen molar-refractivity contribution in [2.45, 2.75) is 6.92 Å². The van der Waals surface area contributed by atoms with E-state index in [1.165, 1.54) is 29.5 Å². The highest BCUT2D eigenvalue weighted by molar-refractivity contribution is 9.10. The standard InChI is InChI=1S/C10H7BrN4O3S/c1-5-13-14-10(19-5)12-9(16)7-4-6(15(17)18)2-3-8(7)11/h2-4H,1H3,(H,12,14,16). The Morgan fingerprint density at radius 1 is 1.47 bits per heavy atom. The van der Waals surface area contributed by atoms with Gasteiger partial charge in [0.15, 0.2) is 0 Å². The zero-order valence-corrected chi connectivity index (χ0v) is 12.0. The second kappa shape index (κ2) is 5.41. The second-order valence-corrected chi connectivity index (χ2v) is 5.54. The SMILES string of the molecule is Cc1nnc(NC(=O)c2cc([N+](=O)[O-])ccc2Br)s1. The van der Waals surface area contributed by atoms with Gasteiger partial charge in [-0.05, 0) is 28.9 Å². The van der Waals surface area contributed by atoms with E-state index in [0.717, 1.165) is 0 Å². The number of hydrogen-bond donors (Lipinski definition) is 1. The Bertz CT molecular complexity index is 658. The van der Waals surface area contributed by atoms with Gasteiger partial charge in [0.2, 0.25) is 5.13 Å². The Balaban J connectivity index is 2.27. The van der Waals surface area contributed by atoms with Crippen LogP contribution in [0.3, 0.4) is 0 Å². The Labute approximate surface area is 119 Å². The summed E-state index contributed by atoms with van der Waals surface area (Å²) >= 11 is 4.41. The quantitative estimate of drug-likeness (QED) is 0.683. The number of hydrogen-bond acceptors (Lipinski definition) is 6. The molecule has 0 saturated heterocycles. The molecule has 0 spiro atoms. The van der Waals surface area contributed by atoms with Crippen molar-refractivity contribution in [3.05, 3.63) is 43.4 Å². The number of aryl methyl sites for hydroxylation is 1. The molecular weight excluding hydrogens is 336 g/mol. The van der Waals surface area contributed by atoms with E-state index >= 15 is 0 Å². The van der Waals surface area contributed by atoms with Crippen molar-refractivity contribution in [2.24, 2.45) is 0 Å². The summed E-state index contributed by atoms with van der Waals surface area (Å²) in [6.07, 6.45) is 0. The van der Waals surface area contributed by atoms with Crippen molar-refractivity contribution in [2.75, 3.05) is 5.32 Å². The normalized spacial score (nSPS) is 10.2. The van der Waals surface area contributed by atoms with Crippen LogP contribution in [0.5, 0.6) is 0 Å². The summed E-state index contributed by atoms with van der Waals surface area (Å²) in [5.74, 6) is -0.480. The number of nitrogens with zero attached hydrogens (tertiary/aromatic N) is 3. The van der Waals surface area contributed by atoms with Crippen LogP contribution in [0.4, 0.5) is 10.8 Å². The highest BCUT2D eigenvalue weighted by atomic mass is 79.9. The molecule has 0 aliphatic rings. The monoisotopic (exact) mass is 342 g/mol. The predicted octanol–water partition coefficient (Wildman–Crippen LogP) is 2.77. The minimum absolute atomic E-state index is 0.151. The van der Waals surface area contributed by atoms with E-state index in [1.54, 1.807) is 6.92 Å². The van der Waals surface area contributed by atoms with E-state index in [9.17, 15) is 14.9 Å². The van der Waals surface area contributed by atoms with E-state index in [-0.39, 0.29) is 11.3 Å². The minimum Gasteiger partial charge on any atom is -0.296 e. The summed E-state index contributed by atoms with van der Waals surface area (Å²) in [6.45, 7) is 1.76. The molecule has 0 unspecified atom stereocenters. The number of non-ortho nitro benzene ring substituents is 1. The smallest absolute Gasteiger partial charge is 0.270 e. The molecule has 7 nitrogen and oxygen atoms in total. The second-order valence-electron chi connectivity index (χ2n) is 3.50. The fourth-order valence-electron chi connectivity index (χ4n) is 1.31. The third kappa shape index (κ3) is 3.12. The molecule has 1 aromatic heterocycles. The van der Waals surface area contributed by atoms with Gasteiger partial charge in [-0.15, -0.1) is 10.2 Å². The number of benzene rings is 1. The molecule has 2 aromatic rings. The molecule has 1 heterocycles. The van der Waals surface area contributed by atoms with E-state index in [2.05, 4.69) is 31.4 Å². The minimum atomic E-state index is -0.557. The number of rotatable bonds is 3. The fourth-order valence-corrected chi connectivity index (χ4v) is 2.33. The van der Waals surface area contributed by atoms with Crippen LogP contribution >= 0.6 is 27.3 Å². The molecule has 0 saturated carbocycles. The molecule has 0 aliphatic carbocycles. The largest absolute Gasteiger partial charge is 0.296 e. The maximum atomic E-state index is 12.0. The van der Waals surface area contributed by atoms with Crippen LogP contribution in [0.2, 0.25) is 0 Å². The van der Waals surface area contributed by atoms with Crippen LogP contribution in [-0.4, -0.2) is 21.0 Å². The van der Waals surface area contributed by atoms with Crippen molar-refractivity contribution in [3.8, 4) is 0 Å². The lowest BCUT2D eigenvalue weighted by atomic mass is 10.2. The van der Waals surface area contributed by atoms with Gasteiger partial charge in [-0.25, -0.2) is 0 Å². The number of carbonyl (C=O) groups is 1. The van der Waals surface area contributed by atoms with Crippen molar-refractivity contribution < 1.29 is 9.72 Å². The molecule has 1 amide bonds. The van der Waals surface area contributed by atoms with Crippen LogP contribution < -0.4 is 5.32 Å². The number of nitro benzene ring substituents is 1. The average Bonchev–Trinajstić information content (AvgIpc) is 2.74. The first kappa shape index (κ1) is 13.6. The molecule has 1 aromatic carbocycles. The van der Waals surface area contributed by atoms with Gasteiger partial charge in [-0.3, -0.25) is 20.2 Å². The highest BCUT2D eigenvalue weighted by Gasteiger charge is 2.16. The Kier molecular flexibility index (Phi) is 3.86. The number of carbonyl (C=O) groups excluding carboxylic acids is 1. The summed E-state index contributed by atoms with van der Waals surface area (Å²) in [5, 5.41) is 21.8. The first-order valence-electron chi connectivity index (χ1n) is 5.03. The lowest BCUT2D eigenvalue weighted by Crippen LogP contribution is -2.12. The van der Waals surface area contributed by atoms with Crippen molar-refractivity contribution in [3.63, 3.8) is 0 Å². The fraction of sp³-hybridized carbons (Fsp3) is 0.100.